The van der Waals surface area contributed by atoms with E-state index in [0.29, 0.717) is 0 Å². The van der Waals surface area contributed by atoms with Crippen molar-refractivity contribution in [3.63, 3.8) is 0 Å². The largest absolute Gasteiger partial charge is 0.325 e. The van der Waals surface area contributed by atoms with Gasteiger partial charge in [0.05, 0.1) is 5.92 Å². The standard InChI is InChI=1S/C18H17Cl2NO/c1-18(2)13(10-15(19)20)16(18)17(22)21-14-9-5-7-11-6-3-4-8-12(11)14/h3-10,13,16H,1-2H3,(H,21,22)/t13-,16-/m1/s1. The average Bonchev–Trinajstić information content (AvgIpc) is 2.99. The molecule has 1 N–H and O–H groups in total. The predicted octanol–water partition coefficient (Wildman–Crippen LogP) is 5.37. The second-order valence-corrected chi connectivity index (χ2v) is 7.30. The summed E-state index contributed by atoms with van der Waals surface area (Å²) in [4.78, 5) is 12.6. The van der Waals surface area contributed by atoms with Crippen LogP contribution in [0.15, 0.2) is 53.0 Å². The Morgan fingerprint density at radius 2 is 1.82 bits per heavy atom. The molecule has 0 aromatic heterocycles. The Kier molecular flexibility index (Phi) is 3.92. The lowest BCUT2D eigenvalue weighted by Gasteiger charge is -2.09. The molecule has 0 aliphatic heterocycles. The van der Waals surface area contributed by atoms with Crippen LogP contribution < -0.4 is 5.32 Å². The number of nitrogens with one attached hydrogen (secondary N) is 1. The van der Waals surface area contributed by atoms with Gasteiger partial charge in [-0.15, -0.1) is 0 Å². The van der Waals surface area contributed by atoms with Gasteiger partial charge in [-0.25, -0.2) is 0 Å². The molecule has 114 valence electrons. The molecular formula is C18H17Cl2NO. The van der Waals surface area contributed by atoms with E-state index in [2.05, 4.69) is 19.2 Å². The van der Waals surface area contributed by atoms with E-state index in [4.69, 9.17) is 23.2 Å². The number of hydrogen-bond donors (Lipinski definition) is 1. The average molecular weight is 334 g/mol. The van der Waals surface area contributed by atoms with Crippen LogP contribution in [0.5, 0.6) is 0 Å². The maximum Gasteiger partial charge on any atom is 0.228 e. The first-order valence-corrected chi connectivity index (χ1v) is 7.98. The van der Waals surface area contributed by atoms with Crippen LogP contribution in [0.1, 0.15) is 13.8 Å². The Balaban J connectivity index is 1.84. The molecule has 22 heavy (non-hydrogen) atoms. The Morgan fingerprint density at radius 3 is 2.55 bits per heavy atom. The summed E-state index contributed by atoms with van der Waals surface area (Å²) in [6, 6.07) is 13.9. The van der Waals surface area contributed by atoms with Gasteiger partial charge in [-0.1, -0.05) is 73.4 Å². The highest BCUT2D eigenvalue weighted by Crippen LogP contribution is 2.60. The molecule has 1 aliphatic rings. The maximum atomic E-state index is 12.6. The highest BCUT2D eigenvalue weighted by atomic mass is 35.5. The van der Waals surface area contributed by atoms with Gasteiger partial charge >= 0.3 is 0 Å². The van der Waals surface area contributed by atoms with E-state index in [1.807, 2.05) is 42.5 Å². The minimum atomic E-state index is -0.121. The van der Waals surface area contributed by atoms with E-state index in [1.165, 1.54) is 0 Å². The van der Waals surface area contributed by atoms with Crippen LogP contribution in [0.3, 0.4) is 0 Å². The fraction of sp³-hybridized carbons (Fsp3) is 0.278. The van der Waals surface area contributed by atoms with Crippen LogP contribution in [0.2, 0.25) is 0 Å². The Bertz CT molecular complexity index is 757. The van der Waals surface area contributed by atoms with Crippen molar-refractivity contribution in [2.75, 3.05) is 5.32 Å². The molecule has 3 rings (SSSR count). The van der Waals surface area contributed by atoms with E-state index >= 15 is 0 Å². The number of carbonyl (C=O) groups is 1. The van der Waals surface area contributed by atoms with Gasteiger partial charge < -0.3 is 5.32 Å². The van der Waals surface area contributed by atoms with E-state index < -0.39 is 0 Å². The molecular weight excluding hydrogens is 317 g/mol. The quantitative estimate of drug-likeness (QED) is 0.803. The molecule has 0 saturated heterocycles. The molecule has 1 saturated carbocycles. The molecule has 2 nitrogen and oxygen atoms in total. The zero-order valence-electron chi connectivity index (χ0n) is 12.4. The van der Waals surface area contributed by atoms with E-state index in [9.17, 15) is 4.79 Å². The predicted molar refractivity (Wildman–Crippen MR) is 93.1 cm³/mol. The Hall–Kier alpha value is -1.51. The van der Waals surface area contributed by atoms with Gasteiger partial charge in [-0.3, -0.25) is 4.79 Å². The zero-order chi connectivity index (χ0) is 15.9. The first-order valence-electron chi connectivity index (χ1n) is 7.22. The first-order chi connectivity index (χ1) is 10.4. The van der Waals surface area contributed by atoms with Crippen LogP contribution in [0, 0.1) is 17.3 Å². The molecule has 0 bridgehead atoms. The van der Waals surface area contributed by atoms with Gasteiger partial charge in [0.1, 0.15) is 4.49 Å². The van der Waals surface area contributed by atoms with Crippen LogP contribution in [0.25, 0.3) is 10.8 Å². The lowest BCUT2D eigenvalue weighted by molar-refractivity contribution is -0.118. The third-order valence-corrected chi connectivity index (χ3v) is 4.80. The van der Waals surface area contributed by atoms with Gasteiger partial charge in [0, 0.05) is 11.1 Å². The van der Waals surface area contributed by atoms with Gasteiger partial charge in [0.2, 0.25) is 5.91 Å². The van der Waals surface area contributed by atoms with Crippen LogP contribution in [-0.4, -0.2) is 5.91 Å². The lowest BCUT2D eigenvalue weighted by Crippen LogP contribution is -2.17. The second-order valence-electron chi connectivity index (χ2n) is 6.30. The molecule has 1 aliphatic carbocycles. The molecule has 0 heterocycles. The van der Waals surface area contributed by atoms with Crippen molar-refractivity contribution in [3.8, 4) is 0 Å². The fourth-order valence-corrected chi connectivity index (χ4v) is 3.44. The Labute approximate surface area is 140 Å². The van der Waals surface area contributed by atoms with E-state index in [-0.39, 0.29) is 27.6 Å². The molecule has 2 aromatic rings. The van der Waals surface area contributed by atoms with E-state index in [1.54, 1.807) is 6.08 Å². The highest BCUT2D eigenvalue weighted by molar-refractivity contribution is 6.55. The van der Waals surface area contributed by atoms with Crippen LogP contribution in [-0.2, 0) is 4.79 Å². The summed E-state index contributed by atoms with van der Waals surface area (Å²) < 4.78 is 0.221. The van der Waals surface area contributed by atoms with Gasteiger partial charge in [0.15, 0.2) is 0 Å². The van der Waals surface area contributed by atoms with Crippen molar-refractivity contribution >= 4 is 45.6 Å². The summed E-state index contributed by atoms with van der Waals surface area (Å²) in [7, 11) is 0. The summed E-state index contributed by atoms with van der Waals surface area (Å²) in [6.07, 6.45) is 1.76. The number of fused-ring (bicyclic) bond motifs is 1. The SMILES string of the molecule is CC1(C)[C@H](C=C(Cl)Cl)[C@@H]1C(=O)Nc1cccc2ccccc12. The molecule has 0 spiro atoms. The third kappa shape index (κ3) is 2.73. The van der Waals surface area contributed by atoms with Crippen molar-refractivity contribution in [3.05, 3.63) is 53.0 Å². The van der Waals surface area contributed by atoms with Gasteiger partial charge in [0.25, 0.3) is 0 Å². The van der Waals surface area contributed by atoms with Crippen molar-refractivity contribution < 1.29 is 4.79 Å². The van der Waals surface area contributed by atoms with Gasteiger partial charge in [-0.05, 0) is 28.9 Å². The fourth-order valence-electron chi connectivity index (χ4n) is 3.17. The van der Waals surface area contributed by atoms with Crippen LogP contribution in [0.4, 0.5) is 5.69 Å². The zero-order valence-corrected chi connectivity index (χ0v) is 13.9. The molecule has 1 amide bonds. The third-order valence-electron chi connectivity index (χ3n) is 4.55. The van der Waals surface area contributed by atoms with Crippen molar-refractivity contribution in [2.24, 2.45) is 17.3 Å². The molecule has 2 aromatic carbocycles. The number of carbonyl (C=O) groups excluding carboxylic acids is 1. The molecule has 2 atom stereocenters. The number of allylic oxidation sites excluding steroid dienone is 1. The number of amides is 1. The summed E-state index contributed by atoms with van der Waals surface area (Å²) >= 11 is 11.5. The van der Waals surface area contributed by atoms with Crippen molar-refractivity contribution in [1.29, 1.82) is 0 Å². The lowest BCUT2D eigenvalue weighted by atomic mass is 10.1. The molecule has 0 radical (unpaired) electrons. The number of rotatable bonds is 3. The van der Waals surface area contributed by atoms with Crippen molar-refractivity contribution in [2.45, 2.75) is 13.8 Å². The number of halogens is 2. The topological polar surface area (TPSA) is 29.1 Å². The molecule has 0 unspecified atom stereocenters. The minimum Gasteiger partial charge on any atom is -0.325 e. The second kappa shape index (κ2) is 5.60. The summed E-state index contributed by atoms with van der Waals surface area (Å²) in [5.74, 6) is -0.0244. The maximum absolute atomic E-state index is 12.6. The minimum absolute atomic E-state index is 0.0113. The van der Waals surface area contributed by atoms with Crippen LogP contribution >= 0.6 is 23.2 Å². The number of hydrogen-bond acceptors (Lipinski definition) is 1. The van der Waals surface area contributed by atoms with Crippen molar-refractivity contribution in [1.82, 2.24) is 0 Å². The monoisotopic (exact) mass is 333 g/mol. The molecule has 1 fully saturated rings. The summed E-state index contributed by atoms with van der Waals surface area (Å²) in [6.45, 7) is 4.11. The smallest absolute Gasteiger partial charge is 0.228 e. The number of benzene rings is 2. The Morgan fingerprint density at radius 1 is 1.14 bits per heavy atom. The number of anilines is 1. The van der Waals surface area contributed by atoms with E-state index in [0.717, 1.165) is 16.5 Å². The summed E-state index contributed by atoms with van der Waals surface area (Å²) in [5, 5.41) is 5.20. The normalized spacial score (nSPS) is 22.2. The molecule has 4 heteroatoms. The summed E-state index contributed by atoms with van der Waals surface area (Å²) in [5.41, 5.74) is 0.717. The first kappa shape index (κ1) is 15.4. The van der Waals surface area contributed by atoms with Gasteiger partial charge in [-0.2, -0.15) is 0 Å². The highest BCUT2D eigenvalue weighted by Gasteiger charge is 2.60.